The van der Waals surface area contributed by atoms with Crippen molar-refractivity contribution in [1.29, 1.82) is 0 Å². The number of benzene rings is 1. The molecule has 2 amide bonds. The number of hydrogen-bond acceptors (Lipinski definition) is 7. The van der Waals surface area contributed by atoms with E-state index in [-0.39, 0.29) is 18.8 Å². The van der Waals surface area contributed by atoms with E-state index in [1.54, 1.807) is 11.5 Å². The summed E-state index contributed by atoms with van der Waals surface area (Å²) < 4.78 is 29.8. The molecule has 1 aliphatic rings. The van der Waals surface area contributed by atoms with E-state index in [1.165, 1.54) is 18.4 Å². The summed E-state index contributed by atoms with van der Waals surface area (Å²) in [5, 5.41) is 11.4. The SMILES string of the molecule is CNC(=O)OCc1cccc(-c2ccc([C@@]3(CC(=O)NO)CCCCS3(=O)=O)s2)c1. The molecule has 1 aromatic heterocycles. The predicted octanol–water partition coefficient (Wildman–Crippen LogP) is 2.96. The van der Waals surface area contributed by atoms with Crippen LogP contribution in [-0.4, -0.2) is 38.4 Å². The number of rotatable bonds is 6. The second-order valence-corrected chi connectivity index (χ2v) is 10.7. The number of hydrogen-bond donors (Lipinski definition) is 3. The lowest BCUT2D eigenvalue weighted by Gasteiger charge is -2.35. The summed E-state index contributed by atoms with van der Waals surface area (Å²) in [5.41, 5.74) is 3.23. The van der Waals surface area contributed by atoms with Crippen LogP contribution in [0.4, 0.5) is 4.79 Å². The number of amides is 2. The van der Waals surface area contributed by atoms with Crippen LogP contribution in [-0.2, 0) is 30.7 Å². The highest BCUT2D eigenvalue weighted by Crippen LogP contribution is 2.47. The number of carbonyl (C=O) groups excluding carboxylic acids is 2. The lowest BCUT2D eigenvalue weighted by atomic mass is 9.94. The molecule has 8 nitrogen and oxygen atoms in total. The first kappa shape index (κ1) is 22.3. The Hall–Kier alpha value is -2.43. The van der Waals surface area contributed by atoms with Crippen molar-refractivity contribution in [3.8, 4) is 10.4 Å². The molecule has 2 heterocycles. The van der Waals surface area contributed by atoms with Crippen LogP contribution in [0.15, 0.2) is 36.4 Å². The minimum absolute atomic E-state index is 0.0191. The standard InChI is InChI=1S/C20H24N2O6S2/c1-21-19(24)28-13-14-5-4-6-15(11-14)16-7-8-17(29-16)20(12-18(23)22-25)9-2-3-10-30(20,26)27/h4-8,11,25H,2-3,9-10,12-13H2,1H3,(H,21,24)(H,22,23)/t20-/m0/s1. The zero-order valence-corrected chi connectivity index (χ0v) is 18.1. The van der Waals surface area contributed by atoms with Gasteiger partial charge in [0.2, 0.25) is 5.91 Å². The molecule has 2 aromatic rings. The zero-order chi connectivity index (χ0) is 21.8. The van der Waals surface area contributed by atoms with Gasteiger partial charge in [0.05, 0.1) is 12.2 Å². The van der Waals surface area contributed by atoms with Gasteiger partial charge in [-0.1, -0.05) is 24.6 Å². The fourth-order valence-corrected chi connectivity index (χ4v) is 7.46. The molecule has 162 valence electrons. The third-order valence-electron chi connectivity index (χ3n) is 5.25. The molecule has 0 unspecified atom stereocenters. The maximum Gasteiger partial charge on any atom is 0.407 e. The molecule has 3 rings (SSSR count). The Labute approximate surface area is 179 Å². The average Bonchev–Trinajstić information content (AvgIpc) is 3.24. The number of thiophene rings is 1. The Kier molecular flexibility index (Phi) is 6.79. The molecule has 1 saturated heterocycles. The van der Waals surface area contributed by atoms with E-state index in [4.69, 9.17) is 9.94 Å². The van der Waals surface area contributed by atoms with Crippen LogP contribution in [0.2, 0.25) is 0 Å². The molecule has 0 saturated carbocycles. The van der Waals surface area contributed by atoms with E-state index < -0.39 is 26.6 Å². The minimum atomic E-state index is -3.57. The number of nitrogens with one attached hydrogen (secondary N) is 2. The molecular weight excluding hydrogens is 428 g/mol. The highest BCUT2D eigenvalue weighted by molar-refractivity contribution is 7.92. The quantitative estimate of drug-likeness (QED) is 0.458. The highest BCUT2D eigenvalue weighted by atomic mass is 32.2. The Balaban J connectivity index is 1.93. The summed E-state index contributed by atoms with van der Waals surface area (Å²) in [6.45, 7) is 0.112. The molecule has 1 aromatic carbocycles. The molecule has 0 aliphatic carbocycles. The third-order valence-corrected chi connectivity index (χ3v) is 9.30. The number of carbonyl (C=O) groups is 2. The van der Waals surface area contributed by atoms with Gasteiger partial charge in [-0.25, -0.2) is 18.7 Å². The summed E-state index contributed by atoms with van der Waals surface area (Å²) in [6, 6.07) is 11.0. The van der Waals surface area contributed by atoms with Gasteiger partial charge in [-0.05, 0) is 42.2 Å². The summed E-state index contributed by atoms with van der Waals surface area (Å²) in [5.74, 6) is -0.700. The van der Waals surface area contributed by atoms with Gasteiger partial charge in [-0.3, -0.25) is 10.0 Å². The predicted molar refractivity (Wildman–Crippen MR) is 113 cm³/mol. The summed E-state index contributed by atoms with van der Waals surface area (Å²) in [4.78, 5) is 24.7. The fourth-order valence-electron chi connectivity index (χ4n) is 3.69. The number of alkyl carbamates (subject to hydrolysis) is 1. The first-order valence-corrected chi connectivity index (χ1v) is 12.0. The van der Waals surface area contributed by atoms with Gasteiger partial charge in [0.25, 0.3) is 0 Å². The van der Waals surface area contributed by atoms with E-state index in [1.807, 2.05) is 30.3 Å². The Morgan fingerprint density at radius 3 is 2.73 bits per heavy atom. The van der Waals surface area contributed by atoms with E-state index in [0.29, 0.717) is 24.1 Å². The van der Waals surface area contributed by atoms with Crippen LogP contribution in [0.1, 0.15) is 36.1 Å². The highest BCUT2D eigenvalue weighted by Gasteiger charge is 2.49. The Morgan fingerprint density at radius 2 is 2.03 bits per heavy atom. The van der Waals surface area contributed by atoms with Crippen molar-refractivity contribution in [3.05, 3.63) is 46.8 Å². The van der Waals surface area contributed by atoms with E-state index in [2.05, 4.69) is 5.32 Å². The van der Waals surface area contributed by atoms with Crippen molar-refractivity contribution in [2.75, 3.05) is 12.8 Å². The summed E-state index contributed by atoms with van der Waals surface area (Å²) in [7, 11) is -2.08. The molecule has 0 spiro atoms. The second kappa shape index (κ2) is 9.15. The maximum absolute atomic E-state index is 13.0. The Bertz CT molecular complexity index is 1030. The van der Waals surface area contributed by atoms with Crippen LogP contribution < -0.4 is 10.8 Å². The summed E-state index contributed by atoms with van der Waals surface area (Å²) >= 11 is 1.32. The van der Waals surface area contributed by atoms with Gasteiger partial charge in [0, 0.05) is 16.8 Å². The average molecular weight is 453 g/mol. The molecule has 10 heteroatoms. The van der Waals surface area contributed by atoms with Crippen molar-refractivity contribution in [2.24, 2.45) is 0 Å². The van der Waals surface area contributed by atoms with Gasteiger partial charge >= 0.3 is 6.09 Å². The summed E-state index contributed by atoms with van der Waals surface area (Å²) in [6.07, 6.45) is 0.757. The maximum atomic E-state index is 13.0. The number of ether oxygens (including phenoxy) is 1. The molecule has 0 bridgehead atoms. The van der Waals surface area contributed by atoms with Gasteiger partial charge in [-0.2, -0.15) is 0 Å². The lowest BCUT2D eigenvalue weighted by Crippen LogP contribution is -2.43. The van der Waals surface area contributed by atoms with E-state index in [0.717, 1.165) is 16.0 Å². The van der Waals surface area contributed by atoms with Crippen molar-refractivity contribution in [3.63, 3.8) is 0 Å². The van der Waals surface area contributed by atoms with Gasteiger partial charge < -0.3 is 10.1 Å². The van der Waals surface area contributed by atoms with Crippen LogP contribution in [0.3, 0.4) is 0 Å². The van der Waals surface area contributed by atoms with Gasteiger partial charge in [-0.15, -0.1) is 11.3 Å². The topological polar surface area (TPSA) is 122 Å². The van der Waals surface area contributed by atoms with E-state index in [9.17, 15) is 18.0 Å². The second-order valence-electron chi connectivity index (χ2n) is 7.17. The van der Waals surface area contributed by atoms with Crippen molar-refractivity contribution in [1.82, 2.24) is 10.8 Å². The van der Waals surface area contributed by atoms with Crippen molar-refractivity contribution < 1.29 is 28.0 Å². The number of hydroxylamine groups is 1. The molecule has 1 atom stereocenters. The molecule has 1 fully saturated rings. The third kappa shape index (κ3) is 4.50. The fraction of sp³-hybridized carbons (Fsp3) is 0.400. The minimum Gasteiger partial charge on any atom is -0.445 e. The molecule has 1 aliphatic heterocycles. The van der Waals surface area contributed by atoms with Crippen molar-refractivity contribution >= 4 is 33.2 Å². The monoisotopic (exact) mass is 452 g/mol. The Morgan fingerprint density at radius 1 is 1.23 bits per heavy atom. The molecular formula is C20H24N2O6S2. The normalized spacial score (nSPS) is 20.3. The zero-order valence-electron chi connectivity index (χ0n) is 16.5. The first-order chi connectivity index (χ1) is 14.3. The largest absolute Gasteiger partial charge is 0.445 e. The van der Waals surface area contributed by atoms with Crippen LogP contribution in [0.5, 0.6) is 0 Å². The lowest BCUT2D eigenvalue weighted by molar-refractivity contribution is -0.130. The molecule has 30 heavy (non-hydrogen) atoms. The van der Waals surface area contributed by atoms with E-state index >= 15 is 0 Å². The van der Waals surface area contributed by atoms with Crippen LogP contribution in [0.25, 0.3) is 10.4 Å². The van der Waals surface area contributed by atoms with Crippen molar-refractivity contribution in [2.45, 2.75) is 37.0 Å². The molecule has 0 radical (unpaired) electrons. The van der Waals surface area contributed by atoms with Crippen LogP contribution >= 0.6 is 11.3 Å². The van der Waals surface area contributed by atoms with Crippen LogP contribution in [0, 0.1) is 0 Å². The van der Waals surface area contributed by atoms with Gasteiger partial charge in [0.15, 0.2) is 9.84 Å². The first-order valence-electron chi connectivity index (χ1n) is 9.51. The smallest absolute Gasteiger partial charge is 0.407 e. The number of sulfone groups is 1. The van der Waals surface area contributed by atoms with Gasteiger partial charge in [0.1, 0.15) is 11.4 Å². The molecule has 3 N–H and O–H groups in total.